The van der Waals surface area contributed by atoms with Crippen LogP contribution >= 0.6 is 0 Å². The minimum absolute atomic E-state index is 0.0170. The summed E-state index contributed by atoms with van der Waals surface area (Å²) < 4.78 is 5.11. The van der Waals surface area contributed by atoms with Crippen molar-refractivity contribution in [2.75, 3.05) is 12.4 Å². The van der Waals surface area contributed by atoms with Crippen LogP contribution in [0.15, 0.2) is 36.4 Å². The first-order valence-corrected chi connectivity index (χ1v) is 7.87. The average molecular weight is 342 g/mol. The average Bonchev–Trinajstić information content (AvgIpc) is 2.54. The van der Waals surface area contributed by atoms with Gasteiger partial charge in [0.1, 0.15) is 11.5 Å². The van der Waals surface area contributed by atoms with Crippen LogP contribution in [0.5, 0.6) is 11.5 Å². The Bertz CT molecular complexity index is 782. The number of amides is 2. The molecule has 6 heteroatoms. The Morgan fingerprint density at radius 2 is 1.68 bits per heavy atom. The molecule has 0 bridgehead atoms. The number of hydrogen-bond acceptors (Lipinski definition) is 4. The number of phenols is 1. The van der Waals surface area contributed by atoms with Crippen molar-refractivity contribution in [3.8, 4) is 11.5 Å². The van der Waals surface area contributed by atoms with E-state index in [2.05, 4.69) is 10.6 Å². The van der Waals surface area contributed by atoms with Gasteiger partial charge < -0.3 is 20.5 Å². The van der Waals surface area contributed by atoms with Gasteiger partial charge in [-0.15, -0.1) is 0 Å². The molecule has 0 aliphatic carbocycles. The maximum atomic E-state index is 12.1. The Morgan fingerprint density at radius 1 is 1.04 bits per heavy atom. The van der Waals surface area contributed by atoms with Crippen molar-refractivity contribution in [2.24, 2.45) is 0 Å². The number of benzene rings is 2. The van der Waals surface area contributed by atoms with E-state index in [4.69, 9.17) is 4.74 Å². The van der Waals surface area contributed by atoms with Crippen molar-refractivity contribution in [1.29, 1.82) is 0 Å². The smallest absolute Gasteiger partial charge is 0.313 e. The summed E-state index contributed by atoms with van der Waals surface area (Å²) in [6, 6.07) is 9.69. The number of rotatable bonds is 4. The Labute approximate surface area is 146 Å². The van der Waals surface area contributed by atoms with Gasteiger partial charge in [0.05, 0.1) is 13.2 Å². The first kappa shape index (κ1) is 18.3. The molecule has 132 valence electrons. The fourth-order valence-electron chi connectivity index (χ4n) is 2.58. The van der Waals surface area contributed by atoms with Gasteiger partial charge in [-0.3, -0.25) is 9.59 Å². The second kappa shape index (κ2) is 7.70. The van der Waals surface area contributed by atoms with Crippen molar-refractivity contribution in [1.82, 2.24) is 5.32 Å². The van der Waals surface area contributed by atoms with Crippen LogP contribution in [0.4, 0.5) is 5.69 Å². The normalized spacial score (nSPS) is 11.5. The Morgan fingerprint density at radius 3 is 2.28 bits per heavy atom. The van der Waals surface area contributed by atoms with Crippen LogP contribution in [-0.2, 0) is 9.59 Å². The summed E-state index contributed by atoms with van der Waals surface area (Å²) in [6.45, 7) is 5.50. The van der Waals surface area contributed by atoms with Crippen molar-refractivity contribution in [3.05, 3.63) is 53.1 Å². The van der Waals surface area contributed by atoms with Crippen molar-refractivity contribution in [3.63, 3.8) is 0 Å². The van der Waals surface area contributed by atoms with Crippen LogP contribution in [0.1, 0.15) is 29.7 Å². The molecule has 0 fully saturated rings. The van der Waals surface area contributed by atoms with Crippen LogP contribution in [0.3, 0.4) is 0 Å². The quantitative estimate of drug-likeness (QED) is 0.746. The van der Waals surface area contributed by atoms with Gasteiger partial charge in [0.25, 0.3) is 0 Å². The highest BCUT2D eigenvalue weighted by atomic mass is 16.5. The van der Waals surface area contributed by atoms with Crippen molar-refractivity contribution in [2.45, 2.75) is 26.8 Å². The van der Waals surface area contributed by atoms with Crippen LogP contribution in [0.2, 0.25) is 0 Å². The summed E-state index contributed by atoms with van der Waals surface area (Å²) in [5.41, 5.74) is 3.01. The molecule has 0 aromatic heterocycles. The van der Waals surface area contributed by atoms with Crippen LogP contribution in [0.25, 0.3) is 0 Å². The third-order valence-corrected chi connectivity index (χ3v) is 3.73. The maximum absolute atomic E-state index is 12.1. The zero-order chi connectivity index (χ0) is 18.6. The summed E-state index contributed by atoms with van der Waals surface area (Å²) in [5.74, 6) is -0.981. The third-order valence-electron chi connectivity index (χ3n) is 3.73. The number of nitrogens with one attached hydrogen (secondary N) is 2. The molecule has 2 aromatic carbocycles. The SMILES string of the molecule is COc1ccc(O)c([C@H](C)NC(=O)C(=O)Nc2cc(C)cc(C)c2)c1. The molecule has 0 unspecified atom stereocenters. The molecule has 0 saturated heterocycles. The van der Waals surface area contributed by atoms with E-state index in [1.54, 1.807) is 31.2 Å². The molecular formula is C19H22N2O4. The van der Waals surface area contributed by atoms with Gasteiger partial charge in [-0.25, -0.2) is 0 Å². The number of hydrogen-bond donors (Lipinski definition) is 3. The number of aromatic hydroxyl groups is 1. The third kappa shape index (κ3) is 4.73. The van der Waals surface area contributed by atoms with Gasteiger partial charge in [0, 0.05) is 11.3 Å². The van der Waals surface area contributed by atoms with Gasteiger partial charge >= 0.3 is 11.8 Å². The summed E-state index contributed by atoms with van der Waals surface area (Å²) in [7, 11) is 1.51. The van der Waals surface area contributed by atoms with Gasteiger partial charge in [0.15, 0.2) is 0 Å². The van der Waals surface area contributed by atoms with E-state index in [0.29, 0.717) is 17.0 Å². The second-order valence-corrected chi connectivity index (χ2v) is 5.95. The highest BCUT2D eigenvalue weighted by molar-refractivity contribution is 6.39. The maximum Gasteiger partial charge on any atom is 0.313 e. The topological polar surface area (TPSA) is 87.7 Å². The van der Waals surface area contributed by atoms with Crippen LogP contribution in [-0.4, -0.2) is 24.0 Å². The molecule has 0 spiro atoms. The Balaban J connectivity index is 2.06. The fourth-order valence-corrected chi connectivity index (χ4v) is 2.58. The lowest BCUT2D eigenvalue weighted by molar-refractivity contribution is -0.136. The van der Waals surface area contributed by atoms with Crippen LogP contribution in [0, 0.1) is 13.8 Å². The predicted molar refractivity (Wildman–Crippen MR) is 95.8 cm³/mol. The van der Waals surface area contributed by atoms with Crippen molar-refractivity contribution < 1.29 is 19.4 Å². The largest absolute Gasteiger partial charge is 0.508 e. The molecule has 2 aromatic rings. The molecule has 6 nitrogen and oxygen atoms in total. The van der Waals surface area contributed by atoms with Gasteiger partial charge in [-0.1, -0.05) is 6.07 Å². The molecule has 3 N–H and O–H groups in total. The van der Waals surface area contributed by atoms with Crippen LogP contribution < -0.4 is 15.4 Å². The number of aryl methyl sites for hydroxylation is 2. The Kier molecular flexibility index (Phi) is 5.64. The van der Waals surface area contributed by atoms with E-state index in [1.807, 2.05) is 19.9 Å². The molecule has 0 aliphatic heterocycles. The number of carbonyl (C=O) groups is 2. The molecule has 25 heavy (non-hydrogen) atoms. The number of methoxy groups -OCH3 is 1. The minimum Gasteiger partial charge on any atom is -0.508 e. The van der Waals surface area contributed by atoms with E-state index in [0.717, 1.165) is 11.1 Å². The lowest BCUT2D eigenvalue weighted by atomic mass is 10.1. The molecule has 0 saturated carbocycles. The zero-order valence-electron chi connectivity index (χ0n) is 14.7. The van der Waals surface area contributed by atoms with Gasteiger partial charge in [-0.2, -0.15) is 0 Å². The number of ether oxygens (including phenoxy) is 1. The highest BCUT2D eigenvalue weighted by Gasteiger charge is 2.19. The Hall–Kier alpha value is -3.02. The molecule has 0 heterocycles. The minimum atomic E-state index is -0.783. The molecule has 1 atom stereocenters. The number of anilines is 1. The molecular weight excluding hydrogens is 320 g/mol. The summed E-state index contributed by atoms with van der Waals surface area (Å²) in [5, 5.41) is 15.1. The highest BCUT2D eigenvalue weighted by Crippen LogP contribution is 2.28. The number of phenolic OH excluding ortho intramolecular Hbond substituents is 1. The van der Waals surface area contributed by atoms with Crippen molar-refractivity contribution >= 4 is 17.5 Å². The first-order chi connectivity index (χ1) is 11.8. The van der Waals surface area contributed by atoms with E-state index in [1.165, 1.54) is 13.2 Å². The van der Waals surface area contributed by atoms with Gasteiger partial charge in [0.2, 0.25) is 0 Å². The van der Waals surface area contributed by atoms with E-state index < -0.39 is 17.9 Å². The van der Waals surface area contributed by atoms with E-state index >= 15 is 0 Å². The lowest BCUT2D eigenvalue weighted by Crippen LogP contribution is -2.37. The first-order valence-electron chi connectivity index (χ1n) is 7.87. The zero-order valence-corrected chi connectivity index (χ0v) is 14.7. The summed E-state index contributed by atoms with van der Waals surface area (Å²) >= 11 is 0. The van der Waals surface area contributed by atoms with E-state index in [-0.39, 0.29) is 5.75 Å². The second-order valence-electron chi connectivity index (χ2n) is 5.95. The predicted octanol–water partition coefficient (Wildman–Crippen LogP) is 2.83. The standard InChI is InChI=1S/C19H22N2O4/c1-11-7-12(2)9-14(8-11)21-19(24)18(23)20-13(3)16-10-15(25-4)5-6-17(16)22/h5-10,13,22H,1-4H3,(H,20,23)(H,21,24)/t13-/m0/s1. The fraction of sp³-hybridized carbons (Fsp3) is 0.263. The summed E-state index contributed by atoms with van der Waals surface area (Å²) in [6.07, 6.45) is 0. The molecule has 0 radical (unpaired) electrons. The van der Waals surface area contributed by atoms with Gasteiger partial charge in [-0.05, 0) is 62.2 Å². The summed E-state index contributed by atoms with van der Waals surface area (Å²) in [4.78, 5) is 24.2. The molecule has 2 amide bonds. The molecule has 0 aliphatic rings. The molecule has 2 rings (SSSR count). The van der Waals surface area contributed by atoms with E-state index in [9.17, 15) is 14.7 Å². The monoisotopic (exact) mass is 342 g/mol. The number of carbonyl (C=O) groups excluding carboxylic acids is 2. The lowest BCUT2D eigenvalue weighted by Gasteiger charge is -2.16.